The van der Waals surface area contributed by atoms with Crippen LogP contribution in [-0.2, 0) is 0 Å². The van der Waals surface area contributed by atoms with Crippen LogP contribution >= 0.6 is 0 Å². The lowest BCUT2D eigenvalue weighted by Crippen LogP contribution is -1.94. The van der Waals surface area contributed by atoms with E-state index in [1.807, 2.05) is 6.07 Å². The van der Waals surface area contributed by atoms with Gasteiger partial charge < -0.3 is 14.3 Å². The van der Waals surface area contributed by atoms with Gasteiger partial charge in [0.15, 0.2) is 0 Å². The third kappa shape index (κ3) is 5.28. The molecule has 0 unspecified atom stereocenters. The van der Waals surface area contributed by atoms with Crippen LogP contribution in [0.25, 0.3) is 93.6 Å². The summed E-state index contributed by atoms with van der Waals surface area (Å²) in [5.41, 5.74) is 14.3. The number of nitrogens with zero attached hydrogens (tertiary/aromatic N) is 1. The average Bonchev–Trinajstić information content (AvgIpc) is 3.80. The number of nitrogens with one attached hydrogen (secondary N) is 1. The van der Waals surface area contributed by atoms with Gasteiger partial charge in [-0.1, -0.05) is 133 Å². The van der Waals surface area contributed by atoms with Crippen LogP contribution in [0.3, 0.4) is 0 Å². The summed E-state index contributed by atoms with van der Waals surface area (Å²) in [7, 11) is 0. The van der Waals surface area contributed by atoms with Gasteiger partial charge in [-0.2, -0.15) is 0 Å². The maximum Gasteiger partial charge on any atom is 0.145 e. The van der Waals surface area contributed by atoms with Gasteiger partial charge in [0, 0.05) is 38.8 Å². The third-order valence-electron chi connectivity index (χ3n) is 11.0. The minimum atomic E-state index is 0.901. The molecule has 0 aliphatic carbocycles. The first-order valence-corrected chi connectivity index (χ1v) is 18.8. The lowest BCUT2D eigenvalue weighted by Gasteiger charge is -2.14. The summed E-state index contributed by atoms with van der Waals surface area (Å²) in [6.07, 6.45) is 0. The van der Waals surface area contributed by atoms with Crippen LogP contribution in [0.4, 0.5) is 11.4 Å². The normalized spacial score (nSPS) is 11.6. The fourth-order valence-electron chi connectivity index (χ4n) is 8.31. The molecule has 2 aromatic heterocycles. The summed E-state index contributed by atoms with van der Waals surface area (Å²) in [5, 5.41) is 10.7. The maximum absolute atomic E-state index is 6.69. The van der Waals surface area contributed by atoms with E-state index in [1.165, 1.54) is 21.9 Å². The highest BCUT2D eigenvalue weighted by molar-refractivity contribution is 6.24. The molecular formula is C52H34N2O. The van der Waals surface area contributed by atoms with E-state index in [0.717, 1.165) is 83.1 Å². The van der Waals surface area contributed by atoms with Crippen molar-refractivity contribution in [3.63, 3.8) is 0 Å². The Hall–Kier alpha value is -7.36. The number of aromatic nitrogens is 1. The number of rotatable bonds is 6. The topological polar surface area (TPSA) is 30.1 Å². The second-order valence-electron chi connectivity index (χ2n) is 14.2. The van der Waals surface area contributed by atoms with Crippen molar-refractivity contribution >= 4 is 65.9 Å². The van der Waals surface area contributed by atoms with Crippen LogP contribution in [0.5, 0.6) is 0 Å². The molecule has 0 saturated carbocycles. The minimum Gasteiger partial charge on any atom is -0.455 e. The summed E-state index contributed by atoms with van der Waals surface area (Å²) < 4.78 is 9.06. The van der Waals surface area contributed by atoms with Crippen molar-refractivity contribution in [3.8, 4) is 39.1 Å². The van der Waals surface area contributed by atoms with E-state index >= 15 is 0 Å². The quantitative estimate of drug-likeness (QED) is 0.187. The Morgan fingerprint density at radius 3 is 2.00 bits per heavy atom. The molecule has 0 saturated heterocycles. The van der Waals surface area contributed by atoms with Crippen LogP contribution in [0.2, 0.25) is 0 Å². The minimum absolute atomic E-state index is 0.901. The highest BCUT2D eigenvalue weighted by atomic mass is 16.3. The van der Waals surface area contributed by atoms with Crippen LogP contribution in [0.1, 0.15) is 0 Å². The van der Waals surface area contributed by atoms with E-state index < -0.39 is 0 Å². The van der Waals surface area contributed by atoms with Gasteiger partial charge in [0.25, 0.3) is 0 Å². The molecule has 258 valence electrons. The highest BCUT2D eigenvalue weighted by Gasteiger charge is 2.20. The number of benzene rings is 9. The molecule has 3 nitrogen and oxygen atoms in total. The number of hydrogen-bond acceptors (Lipinski definition) is 2. The number of furan rings is 1. The lowest BCUT2D eigenvalue weighted by atomic mass is 9.96. The van der Waals surface area contributed by atoms with Crippen molar-refractivity contribution in [1.29, 1.82) is 0 Å². The Morgan fingerprint density at radius 2 is 1.09 bits per heavy atom. The van der Waals surface area contributed by atoms with E-state index in [4.69, 9.17) is 4.42 Å². The summed E-state index contributed by atoms with van der Waals surface area (Å²) in [6.45, 7) is 0. The van der Waals surface area contributed by atoms with Gasteiger partial charge in [0.1, 0.15) is 11.2 Å². The molecule has 11 aromatic rings. The van der Waals surface area contributed by atoms with E-state index in [0.29, 0.717) is 0 Å². The predicted octanol–water partition coefficient (Wildman–Crippen LogP) is 14.6. The summed E-state index contributed by atoms with van der Waals surface area (Å²) in [6, 6.07) is 71.6. The molecule has 9 aromatic carbocycles. The predicted molar refractivity (Wildman–Crippen MR) is 232 cm³/mol. The summed E-state index contributed by atoms with van der Waals surface area (Å²) >= 11 is 0. The van der Waals surface area contributed by atoms with Crippen LogP contribution in [0, 0.1) is 0 Å². The number of para-hydroxylation sites is 2. The molecule has 55 heavy (non-hydrogen) atoms. The fourth-order valence-corrected chi connectivity index (χ4v) is 8.31. The van der Waals surface area contributed by atoms with E-state index in [-0.39, 0.29) is 0 Å². The van der Waals surface area contributed by atoms with Crippen LogP contribution < -0.4 is 5.32 Å². The van der Waals surface area contributed by atoms with E-state index in [2.05, 4.69) is 204 Å². The second-order valence-corrected chi connectivity index (χ2v) is 14.2. The van der Waals surface area contributed by atoms with Gasteiger partial charge in [-0.3, -0.25) is 0 Å². The smallest absolute Gasteiger partial charge is 0.145 e. The largest absolute Gasteiger partial charge is 0.455 e. The van der Waals surface area contributed by atoms with Crippen molar-refractivity contribution in [2.75, 3.05) is 5.32 Å². The molecule has 1 N–H and O–H groups in total. The van der Waals surface area contributed by atoms with Gasteiger partial charge in [-0.25, -0.2) is 0 Å². The Labute approximate surface area is 318 Å². The Bertz CT molecular complexity index is 3220. The number of anilines is 2. The summed E-state index contributed by atoms with van der Waals surface area (Å²) in [4.78, 5) is 0. The Balaban J connectivity index is 1.05. The molecule has 0 radical (unpaired) electrons. The zero-order chi connectivity index (χ0) is 36.3. The van der Waals surface area contributed by atoms with Crippen molar-refractivity contribution in [3.05, 3.63) is 200 Å². The molecule has 0 aliphatic heterocycles. The zero-order valence-corrected chi connectivity index (χ0v) is 29.9. The van der Waals surface area contributed by atoms with Crippen molar-refractivity contribution in [2.24, 2.45) is 0 Å². The Kier molecular flexibility index (Phi) is 7.17. The number of hydrogen-bond donors (Lipinski definition) is 1. The van der Waals surface area contributed by atoms with E-state index in [9.17, 15) is 0 Å². The molecule has 0 atom stereocenters. The van der Waals surface area contributed by atoms with Crippen LogP contribution in [0.15, 0.2) is 205 Å². The first-order chi connectivity index (χ1) is 27.2. The molecule has 3 heteroatoms. The molecule has 2 heterocycles. The van der Waals surface area contributed by atoms with E-state index in [1.54, 1.807) is 0 Å². The highest BCUT2D eigenvalue weighted by Crippen LogP contribution is 2.42. The van der Waals surface area contributed by atoms with Gasteiger partial charge in [0.05, 0.1) is 16.4 Å². The molecular weight excluding hydrogens is 669 g/mol. The maximum atomic E-state index is 6.69. The third-order valence-corrected chi connectivity index (χ3v) is 11.0. The van der Waals surface area contributed by atoms with Gasteiger partial charge in [0.2, 0.25) is 0 Å². The molecule has 0 fully saturated rings. The number of fused-ring (bicyclic) bond motifs is 8. The van der Waals surface area contributed by atoms with Gasteiger partial charge in [-0.05, 0) is 105 Å². The lowest BCUT2D eigenvalue weighted by molar-refractivity contribution is 0.673. The molecule has 0 amide bonds. The molecule has 11 rings (SSSR count). The van der Waals surface area contributed by atoms with Crippen molar-refractivity contribution in [1.82, 2.24) is 4.57 Å². The van der Waals surface area contributed by atoms with Crippen LogP contribution in [-0.4, -0.2) is 4.57 Å². The Morgan fingerprint density at radius 1 is 0.400 bits per heavy atom. The first-order valence-electron chi connectivity index (χ1n) is 18.8. The average molecular weight is 703 g/mol. The van der Waals surface area contributed by atoms with Crippen molar-refractivity contribution < 1.29 is 4.42 Å². The van der Waals surface area contributed by atoms with Crippen molar-refractivity contribution in [2.45, 2.75) is 0 Å². The molecule has 0 bridgehead atoms. The van der Waals surface area contributed by atoms with Gasteiger partial charge in [-0.15, -0.1) is 0 Å². The second kappa shape index (κ2) is 12.6. The SMILES string of the molecule is c1ccc(-c2ccc(-n3c4ccc(-c5cccc(-c6ccccc6Nc6ccc7ccccc7c6)c5)cc4c4c5oc6ccccc6c5ccc43)cc2)cc1. The zero-order valence-electron chi connectivity index (χ0n) is 29.9. The molecule has 0 spiro atoms. The standard InChI is InChI=1S/C52H34N2O/c1-2-11-34(12-3-1)36-22-26-42(27-23-36)54-48-29-24-39(33-46(48)51-49(54)30-28-45-44-18-7-9-20-50(44)55-52(45)51)37-15-10-16-40(31-37)43-17-6-8-19-47(43)53-41-25-21-35-13-4-5-14-38(35)32-41/h1-33,53H. The van der Waals surface area contributed by atoms with Gasteiger partial charge >= 0.3 is 0 Å². The molecule has 0 aliphatic rings. The first kappa shape index (κ1) is 31.2. The fraction of sp³-hybridized carbons (Fsp3) is 0. The summed E-state index contributed by atoms with van der Waals surface area (Å²) in [5.74, 6) is 0. The monoisotopic (exact) mass is 702 g/mol.